The van der Waals surface area contributed by atoms with Crippen LogP contribution in [0.25, 0.3) is 21.1 Å². The summed E-state index contributed by atoms with van der Waals surface area (Å²) >= 11 is 1.49. The van der Waals surface area contributed by atoms with E-state index in [0.29, 0.717) is 6.04 Å². The summed E-state index contributed by atoms with van der Waals surface area (Å²) in [4.78, 5) is 18.8. The molecule has 0 atom stereocenters. The fourth-order valence-corrected chi connectivity index (χ4v) is 4.12. The first-order valence-electron chi connectivity index (χ1n) is 7.90. The number of pyridine rings is 1. The highest BCUT2D eigenvalue weighted by Crippen LogP contribution is 2.28. The van der Waals surface area contributed by atoms with E-state index in [1.54, 1.807) is 0 Å². The molecule has 0 unspecified atom stereocenters. The molecule has 0 saturated heterocycles. The molecule has 0 aliphatic heterocycles. The summed E-state index contributed by atoms with van der Waals surface area (Å²) in [7, 11) is 0. The average molecular weight is 310 g/mol. The quantitative estimate of drug-likeness (QED) is 0.756. The van der Waals surface area contributed by atoms with E-state index in [1.165, 1.54) is 30.6 Å². The molecule has 1 fully saturated rings. The monoisotopic (exact) mass is 310 g/mol. The van der Waals surface area contributed by atoms with E-state index in [0.717, 1.165) is 38.8 Å². The lowest BCUT2D eigenvalue weighted by Gasteiger charge is -2.22. The summed E-state index contributed by atoms with van der Waals surface area (Å²) < 4.78 is 0. The Balaban J connectivity index is 1.63. The van der Waals surface area contributed by atoms with Crippen LogP contribution in [0.3, 0.4) is 0 Å². The van der Waals surface area contributed by atoms with Crippen LogP contribution in [0.4, 0.5) is 0 Å². The number of nitrogens with one attached hydrogen (secondary N) is 1. The lowest BCUT2D eigenvalue weighted by atomic mass is 9.95. The number of nitrogens with zero attached hydrogens (tertiary/aromatic N) is 1. The third kappa shape index (κ3) is 2.59. The number of carbonyl (C=O) groups is 1. The number of fused-ring (bicyclic) bond motifs is 2. The molecule has 3 aromatic rings. The van der Waals surface area contributed by atoms with E-state index in [9.17, 15) is 4.79 Å². The van der Waals surface area contributed by atoms with E-state index in [-0.39, 0.29) is 5.91 Å². The fourth-order valence-electron chi connectivity index (χ4n) is 3.19. The van der Waals surface area contributed by atoms with Gasteiger partial charge >= 0.3 is 0 Å². The Bertz CT molecular complexity index is 781. The average Bonchev–Trinajstić information content (AvgIpc) is 2.96. The van der Waals surface area contributed by atoms with Gasteiger partial charge in [0.15, 0.2) is 0 Å². The molecule has 22 heavy (non-hydrogen) atoms. The maximum Gasteiger partial charge on any atom is 0.261 e. The van der Waals surface area contributed by atoms with Crippen LogP contribution in [0.15, 0.2) is 36.4 Å². The van der Waals surface area contributed by atoms with Crippen molar-refractivity contribution in [1.82, 2.24) is 10.3 Å². The number of benzene rings is 1. The Labute approximate surface area is 133 Å². The standard InChI is InChI=1S/C18H18N2OS/c21-17(19-14-7-2-1-3-8-14)16-11-13-10-12-6-4-5-9-15(12)20-18(13)22-16/h4-6,9-11,14H,1-3,7-8H2,(H,19,21). The van der Waals surface area contributed by atoms with Crippen molar-refractivity contribution in [2.24, 2.45) is 0 Å². The van der Waals surface area contributed by atoms with Gasteiger partial charge in [0.05, 0.1) is 10.4 Å². The zero-order valence-corrected chi connectivity index (χ0v) is 13.2. The molecule has 112 valence electrons. The van der Waals surface area contributed by atoms with Crippen LogP contribution in [0.2, 0.25) is 0 Å². The van der Waals surface area contributed by atoms with Crippen LogP contribution >= 0.6 is 11.3 Å². The zero-order chi connectivity index (χ0) is 14.9. The van der Waals surface area contributed by atoms with Crippen molar-refractivity contribution in [3.05, 3.63) is 41.3 Å². The molecule has 1 aliphatic rings. The number of thiophene rings is 1. The molecule has 4 heteroatoms. The molecule has 1 aliphatic carbocycles. The van der Waals surface area contributed by atoms with Crippen molar-refractivity contribution in [1.29, 1.82) is 0 Å². The summed E-state index contributed by atoms with van der Waals surface area (Å²) in [6, 6.07) is 12.5. The number of carbonyl (C=O) groups excluding carboxylic acids is 1. The number of aromatic nitrogens is 1. The summed E-state index contributed by atoms with van der Waals surface area (Å²) in [5.74, 6) is 0.0546. The van der Waals surface area contributed by atoms with Crippen LogP contribution in [-0.4, -0.2) is 16.9 Å². The van der Waals surface area contributed by atoms with E-state index in [4.69, 9.17) is 0 Å². The van der Waals surface area contributed by atoms with E-state index < -0.39 is 0 Å². The predicted molar refractivity (Wildman–Crippen MR) is 91.5 cm³/mol. The minimum atomic E-state index is 0.0546. The smallest absolute Gasteiger partial charge is 0.261 e. The van der Waals surface area contributed by atoms with Gasteiger partial charge in [0.1, 0.15) is 4.83 Å². The Kier molecular flexibility index (Phi) is 3.54. The molecule has 4 rings (SSSR count). The van der Waals surface area contributed by atoms with Crippen molar-refractivity contribution in [2.45, 2.75) is 38.1 Å². The highest BCUT2D eigenvalue weighted by molar-refractivity contribution is 7.20. The molecule has 0 bridgehead atoms. The number of para-hydroxylation sites is 1. The van der Waals surface area contributed by atoms with Gasteiger partial charge in [-0.1, -0.05) is 37.5 Å². The molecular weight excluding hydrogens is 292 g/mol. The number of hydrogen-bond donors (Lipinski definition) is 1. The van der Waals surface area contributed by atoms with Crippen molar-refractivity contribution >= 4 is 38.4 Å². The fraction of sp³-hybridized carbons (Fsp3) is 0.333. The van der Waals surface area contributed by atoms with Gasteiger partial charge in [0.2, 0.25) is 0 Å². The van der Waals surface area contributed by atoms with Crippen LogP contribution in [0, 0.1) is 0 Å². The van der Waals surface area contributed by atoms with Crippen LogP contribution in [-0.2, 0) is 0 Å². The summed E-state index contributed by atoms with van der Waals surface area (Å²) in [6.07, 6.45) is 5.97. The summed E-state index contributed by atoms with van der Waals surface area (Å²) in [5.41, 5.74) is 0.982. The van der Waals surface area contributed by atoms with Crippen molar-refractivity contribution in [3.8, 4) is 0 Å². The Morgan fingerprint density at radius 3 is 2.77 bits per heavy atom. The third-order valence-corrected chi connectivity index (χ3v) is 5.42. The predicted octanol–water partition coefficient (Wildman–Crippen LogP) is 4.51. The van der Waals surface area contributed by atoms with E-state index in [2.05, 4.69) is 22.4 Å². The zero-order valence-electron chi connectivity index (χ0n) is 12.3. The number of hydrogen-bond acceptors (Lipinski definition) is 3. The summed E-state index contributed by atoms with van der Waals surface area (Å²) in [5, 5.41) is 5.35. The van der Waals surface area contributed by atoms with Crippen LogP contribution in [0.1, 0.15) is 41.8 Å². The molecule has 2 heterocycles. The molecule has 1 N–H and O–H groups in total. The van der Waals surface area contributed by atoms with Crippen molar-refractivity contribution in [2.75, 3.05) is 0 Å². The second kappa shape index (κ2) is 5.69. The Morgan fingerprint density at radius 1 is 1.09 bits per heavy atom. The SMILES string of the molecule is O=C(NC1CCCCC1)c1cc2cc3ccccc3nc2s1. The topological polar surface area (TPSA) is 42.0 Å². The van der Waals surface area contributed by atoms with Gasteiger partial charge in [-0.05, 0) is 31.0 Å². The first-order valence-corrected chi connectivity index (χ1v) is 8.71. The molecule has 1 amide bonds. The number of amides is 1. The van der Waals surface area contributed by atoms with E-state index >= 15 is 0 Å². The second-order valence-corrected chi connectivity index (χ2v) is 7.03. The van der Waals surface area contributed by atoms with Gasteiger partial charge in [-0.2, -0.15) is 0 Å². The largest absolute Gasteiger partial charge is 0.349 e. The molecule has 0 radical (unpaired) electrons. The minimum Gasteiger partial charge on any atom is -0.349 e. The molecule has 1 aromatic carbocycles. The Morgan fingerprint density at radius 2 is 1.91 bits per heavy atom. The maximum absolute atomic E-state index is 12.4. The lowest BCUT2D eigenvalue weighted by molar-refractivity contribution is 0.0932. The van der Waals surface area contributed by atoms with Crippen molar-refractivity contribution < 1.29 is 4.79 Å². The molecule has 1 saturated carbocycles. The van der Waals surface area contributed by atoms with Crippen molar-refractivity contribution in [3.63, 3.8) is 0 Å². The highest BCUT2D eigenvalue weighted by Gasteiger charge is 2.18. The van der Waals surface area contributed by atoms with Gasteiger partial charge < -0.3 is 5.32 Å². The highest BCUT2D eigenvalue weighted by atomic mass is 32.1. The molecule has 3 nitrogen and oxygen atoms in total. The first kappa shape index (κ1) is 13.7. The van der Waals surface area contributed by atoms with Crippen LogP contribution in [0.5, 0.6) is 0 Å². The third-order valence-electron chi connectivity index (χ3n) is 4.37. The second-order valence-electron chi connectivity index (χ2n) is 5.99. The van der Waals surface area contributed by atoms with Gasteiger partial charge in [-0.25, -0.2) is 4.98 Å². The number of rotatable bonds is 2. The van der Waals surface area contributed by atoms with Crippen LogP contribution < -0.4 is 5.32 Å². The normalized spacial score (nSPS) is 16.2. The lowest BCUT2D eigenvalue weighted by Crippen LogP contribution is -2.35. The maximum atomic E-state index is 12.4. The van der Waals surface area contributed by atoms with Gasteiger partial charge in [0, 0.05) is 16.8 Å². The van der Waals surface area contributed by atoms with Gasteiger partial charge in [-0.15, -0.1) is 11.3 Å². The molecular formula is C18H18N2OS. The van der Waals surface area contributed by atoms with Gasteiger partial charge in [-0.3, -0.25) is 4.79 Å². The first-order chi connectivity index (χ1) is 10.8. The minimum absolute atomic E-state index is 0.0546. The molecule has 0 spiro atoms. The Hall–Kier alpha value is -1.94. The van der Waals surface area contributed by atoms with Gasteiger partial charge in [0.25, 0.3) is 5.91 Å². The molecule has 2 aromatic heterocycles. The van der Waals surface area contributed by atoms with E-state index in [1.807, 2.05) is 24.3 Å². The summed E-state index contributed by atoms with van der Waals surface area (Å²) in [6.45, 7) is 0.